The number of thioether (sulfide) groups is 1. The average Bonchev–Trinajstić information content (AvgIpc) is 2.82. The van der Waals surface area contributed by atoms with E-state index in [1.54, 1.807) is 11.0 Å². The molecule has 1 aliphatic heterocycles. The van der Waals surface area contributed by atoms with Crippen LogP contribution in [0.15, 0.2) is 53.7 Å². The van der Waals surface area contributed by atoms with E-state index in [-0.39, 0.29) is 5.91 Å². The predicted molar refractivity (Wildman–Crippen MR) is 105 cm³/mol. The summed E-state index contributed by atoms with van der Waals surface area (Å²) < 4.78 is 6.22. The first-order chi connectivity index (χ1) is 13.1. The van der Waals surface area contributed by atoms with Crippen LogP contribution in [0.5, 0.6) is 5.88 Å². The Labute approximate surface area is 165 Å². The minimum Gasteiger partial charge on any atom is -0.447 e. The first kappa shape index (κ1) is 17.8. The van der Waals surface area contributed by atoms with Crippen molar-refractivity contribution in [1.29, 1.82) is 0 Å². The maximum Gasteiger partial charge on any atom is 0.247 e. The van der Waals surface area contributed by atoms with Crippen LogP contribution in [-0.4, -0.2) is 27.3 Å². The summed E-state index contributed by atoms with van der Waals surface area (Å²) in [5, 5.41) is 9.42. The summed E-state index contributed by atoms with van der Waals surface area (Å²) in [5.74, 6) is 0.133. The van der Waals surface area contributed by atoms with Gasteiger partial charge in [-0.3, -0.25) is 9.69 Å². The Balaban J connectivity index is 2.00. The third-order valence-corrected chi connectivity index (χ3v) is 5.09. The van der Waals surface area contributed by atoms with Crippen molar-refractivity contribution in [2.45, 2.75) is 18.3 Å². The Morgan fingerprint density at radius 3 is 2.63 bits per heavy atom. The maximum absolute atomic E-state index is 12.6. The molecule has 1 atom stereocenters. The number of anilines is 1. The van der Waals surface area contributed by atoms with Gasteiger partial charge in [0.05, 0.1) is 5.69 Å². The Morgan fingerprint density at radius 1 is 1.15 bits per heavy atom. The van der Waals surface area contributed by atoms with Crippen molar-refractivity contribution in [1.82, 2.24) is 15.2 Å². The van der Waals surface area contributed by atoms with Gasteiger partial charge < -0.3 is 4.74 Å². The second-order valence-corrected chi connectivity index (χ2v) is 7.03. The van der Waals surface area contributed by atoms with Crippen molar-refractivity contribution in [3.05, 3.63) is 59.1 Å². The van der Waals surface area contributed by atoms with Crippen LogP contribution >= 0.6 is 23.4 Å². The van der Waals surface area contributed by atoms with Crippen LogP contribution in [0.1, 0.15) is 18.7 Å². The van der Waals surface area contributed by atoms with Gasteiger partial charge in [-0.25, -0.2) is 0 Å². The summed E-state index contributed by atoms with van der Waals surface area (Å²) in [6.07, 6.45) is 1.09. The third kappa shape index (κ3) is 3.13. The number of fused-ring (bicyclic) bond motifs is 3. The number of rotatable bonds is 2. The van der Waals surface area contributed by atoms with Gasteiger partial charge in [0.15, 0.2) is 5.69 Å². The van der Waals surface area contributed by atoms with Gasteiger partial charge in [-0.05, 0) is 18.4 Å². The largest absolute Gasteiger partial charge is 0.447 e. The average molecular weight is 399 g/mol. The normalized spacial score (nSPS) is 15.4. The molecule has 0 aliphatic carbocycles. The number of halogens is 1. The van der Waals surface area contributed by atoms with E-state index in [4.69, 9.17) is 16.3 Å². The highest BCUT2D eigenvalue weighted by Gasteiger charge is 2.35. The van der Waals surface area contributed by atoms with E-state index in [0.717, 1.165) is 5.56 Å². The highest BCUT2D eigenvalue weighted by atomic mass is 35.5. The molecule has 27 heavy (non-hydrogen) atoms. The lowest BCUT2D eigenvalue weighted by molar-refractivity contribution is -0.118. The number of nitrogens with zero attached hydrogens (tertiary/aromatic N) is 4. The number of carbonyl (C=O) groups is 1. The fraction of sp³-hybridized carbons (Fsp3) is 0.158. The highest BCUT2D eigenvalue weighted by Crippen LogP contribution is 2.44. The molecule has 0 radical (unpaired) electrons. The maximum atomic E-state index is 12.6. The van der Waals surface area contributed by atoms with Gasteiger partial charge in [-0.15, -0.1) is 10.2 Å². The molecule has 0 unspecified atom stereocenters. The number of ether oxygens (including phenoxy) is 1. The van der Waals surface area contributed by atoms with Crippen LogP contribution in [0.2, 0.25) is 5.02 Å². The molecule has 0 fully saturated rings. The van der Waals surface area contributed by atoms with Crippen molar-refractivity contribution in [3.8, 4) is 17.1 Å². The van der Waals surface area contributed by atoms with Crippen molar-refractivity contribution in [2.24, 2.45) is 0 Å². The standard InChI is InChI=1S/C19H15ClN4O2S/c1-11(25)24-15-10-6-4-8-13(15)16-17(21-19(27-2)23-22-16)26-18(24)12-7-3-5-9-14(12)20/h3-10,18H,1-2H3/t18-/m1/s1. The zero-order chi connectivity index (χ0) is 19.0. The number of amides is 1. The molecule has 3 aromatic rings. The van der Waals surface area contributed by atoms with Gasteiger partial charge in [0.1, 0.15) is 0 Å². The van der Waals surface area contributed by atoms with Crippen molar-refractivity contribution < 1.29 is 9.53 Å². The second kappa shape index (κ2) is 7.17. The number of para-hydroxylation sites is 1. The van der Waals surface area contributed by atoms with Crippen LogP contribution in [0, 0.1) is 0 Å². The number of carbonyl (C=O) groups excluding carboxylic acids is 1. The Morgan fingerprint density at radius 2 is 1.89 bits per heavy atom. The number of benzene rings is 2. The van der Waals surface area contributed by atoms with Crippen LogP contribution in [0.25, 0.3) is 11.3 Å². The summed E-state index contributed by atoms with van der Waals surface area (Å²) in [4.78, 5) is 18.7. The van der Waals surface area contributed by atoms with Gasteiger partial charge >= 0.3 is 0 Å². The number of aromatic nitrogens is 3. The van der Waals surface area contributed by atoms with Crippen LogP contribution in [0.3, 0.4) is 0 Å². The number of hydrogen-bond donors (Lipinski definition) is 0. The van der Waals surface area contributed by atoms with Crippen LogP contribution in [-0.2, 0) is 4.79 Å². The molecule has 2 heterocycles. The molecule has 0 saturated carbocycles. The first-order valence-corrected chi connectivity index (χ1v) is 9.79. The lowest BCUT2D eigenvalue weighted by Gasteiger charge is -2.30. The van der Waals surface area contributed by atoms with E-state index in [1.807, 2.05) is 48.7 Å². The van der Waals surface area contributed by atoms with Gasteiger partial charge in [0, 0.05) is 23.1 Å². The lowest BCUT2D eigenvalue weighted by Crippen LogP contribution is -2.36. The zero-order valence-corrected chi connectivity index (χ0v) is 16.2. The predicted octanol–water partition coefficient (Wildman–Crippen LogP) is 4.36. The van der Waals surface area contributed by atoms with Gasteiger partial charge in [-0.2, -0.15) is 4.98 Å². The molecule has 0 bridgehead atoms. The first-order valence-electron chi connectivity index (χ1n) is 8.19. The molecule has 2 aromatic carbocycles. The summed E-state index contributed by atoms with van der Waals surface area (Å²) >= 11 is 7.79. The van der Waals surface area contributed by atoms with E-state index in [9.17, 15) is 4.79 Å². The molecule has 0 saturated heterocycles. The lowest BCUT2D eigenvalue weighted by atomic mass is 10.1. The molecular formula is C19H15ClN4O2S. The summed E-state index contributed by atoms with van der Waals surface area (Å²) in [6, 6.07) is 14.7. The molecule has 136 valence electrons. The molecule has 6 nitrogen and oxygen atoms in total. The van der Waals surface area contributed by atoms with Crippen molar-refractivity contribution in [2.75, 3.05) is 11.2 Å². The minimum absolute atomic E-state index is 0.182. The van der Waals surface area contributed by atoms with Gasteiger partial charge in [0.2, 0.25) is 23.2 Å². The molecule has 4 rings (SSSR count). The fourth-order valence-electron chi connectivity index (χ4n) is 3.02. The molecule has 1 amide bonds. The van der Waals surface area contributed by atoms with Crippen molar-refractivity contribution >= 4 is 35.0 Å². The molecule has 0 N–H and O–H groups in total. The Hall–Kier alpha value is -2.64. The quantitative estimate of drug-likeness (QED) is 0.597. The van der Waals surface area contributed by atoms with E-state index in [1.165, 1.54) is 18.7 Å². The van der Waals surface area contributed by atoms with Crippen molar-refractivity contribution in [3.63, 3.8) is 0 Å². The number of hydrogen-bond acceptors (Lipinski definition) is 6. The topological polar surface area (TPSA) is 68.2 Å². The molecule has 8 heteroatoms. The Bertz CT molecular complexity index is 1030. The summed E-state index contributed by atoms with van der Waals surface area (Å²) in [7, 11) is 0. The summed E-state index contributed by atoms with van der Waals surface area (Å²) in [5.41, 5.74) is 2.55. The highest BCUT2D eigenvalue weighted by molar-refractivity contribution is 7.98. The van der Waals surface area contributed by atoms with E-state index < -0.39 is 6.23 Å². The van der Waals surface area contributed by atoms with E-state index in [0.29, 0.717) is 33.0 Å². The third-order valence-electron chi connectivity index (χ3n) is 4.20. The molecular weight excluding hydrogens is 384 g/mol. The summed E-state index contributed by atoms with van der Waals surface area (Å²) in [6.45, 7) is 1.49. The Kier molecular flexibility index (Phi) is 4.72. The molecule has 0 spiro atoms. The van der Waals surface area contributed by atoms with E-state index >= 15 is 0 Å². The fourth-order valence-corrected chi connectivity index (χ4v) is 3.54. The zero-order valence-electron chi connectivity index (χ0n) is 14.6. The monoisotopic (exact) mass is 398 g/mol. The smallest absolute Gasteiger partial charge is 0.247 e. The second-order valence-electron chi connectivity index (χ2n) is 5.85. The van der Waals surface area contributed by atoms with E-state index in [2.05, 4.69) is 15.2 Å². The molecule has 1 aromatic heterocycles. The SMILES string of the molecule is CSc1nnc2c(n1)O[C@H](c1ccccc1Cl)N(C(C)=O)c1ccccc1-2. The minimum atomic E-state index is -0.773. The van der Waals surface area contributed by atoms with Crippen LogP contribution < -0.4 is 9.64 Å². The van der Waals surface area contributed by atoms with Gasteiger partial charge in [0.25, 0.3) is 0 Å². The molecule has 1 aliphatic rings. The van der Waals surface area contributed by atoms with Crippen LogP contribution in [0.4, 0.5) is 5.69 Å². The van der Waals surface area contributed by atoms with Gasteiger partial charge in [-0.1, -0.05) is 59.8 Å².